The summed E-state index contributed by atoms with van der Waals surface area (Å²) in [6, 6.07) is 0.409. The topological polar surface area (TPSA) is 114 Å². The highest BCUT2D eigenvalue weighted by molar-refractivity contribution is 5.70. The third-order valence-electron chi connectivity index (χ3n) is 5.29. The molecule has 0 saturated carbocycles. The molecule has 4 rings (SSSR count). The number of carbonyl (C=O) groups is 1. The molecular weight excluding hydrogens is 445 g/mol. The molecule has 33 heavy (non-hydrogen) atoms. The van der Waals surface area contributed by atoms with Crippen LogP contribution in [0.15, 0.2) is 18.5 Å². The zero-order valence-corrected chi connectivity index (χ0v) is 18.3. The smallest absolute Gasteiger partial charge is 0.410 e. The highest BCUT2D eigenvalue weighted by Crippen LogP contribution is 2.39. The van der Waals surface area contributed by atoms with Gasteiger partial charge in [-0.25, -0.2) is 14.3 Å². The van der Waals surface area contributed by atoms with E-state index in [9.17, 15) is 13.6 Å². The van der Waals surface area contributed by atoms with Crippen molar-refractivity contribution in [3.05, 3.63) is 18.5 Å². The number of anilines is 2. The molecule has 2 aromatic rings. The minimum Gasteiger partial charge on any atom is -0.470 e. The van der Waals surface area contributed by atoms with E-state index >= 15 is 4.39 Å². The summed E-state index contributed by atoms with van der Waals surface area (Å²) in [7, 11) is 0. The third kappa shape index (κ3) is 5.40. The van der Waals surface area contributed by atoms with Gasteiger partial charge in [0.25, 0.3) is 0 Å². The molecule has 2 aliphatic heterocycles. The van der Waals surface area contributed by atoms with Crippen LogP contribution in [0.2, 0.25) is 0 Å². The van der Waals surface area contributed by atoms with Crippen molar-refractivity contribution < 1.29 is 32.2 Å². The lowest BCUT2D eigenvalue weighted by atomic mass is 9.98. The molecule has 10 nitrogen and oxygen atoms in total. The minimum absolute atomic E-state index is 0.0809. The highest BCUT2D eigenvalue weighted by Gasteiger charge is 2.52. The summed E-state index contributed by atoms with van der Waals surface area (Å²) < 4.78 is 55.3. The molecule has 0 unspecified atom stereocenters. The summed E-state index contributed by atoms with van der Waals surface area (Å²) in [4.78, 5) is 22.3. The number of nitrogens with zero attached hydrogens (tertiary/aromatic N) is 4. The molecule has 180 valence electrons. The van der Waals surface area contributed by atoms with Crippen molar-refractivity contribution in [1.82, 2.24) is 25.1 Å². The predicted octanol–water partition coefficient (Wildman–Crippen LogP) is 3.80. The maximum atomic E-state index is 15.3. The van der Waals surface area contributed by atoms with Gasteiger partial charge in [0, 0.05) is 18.5 Å². The van der Waals surface area contributed by atoms with Gasteiger partial charge >= 0.3 is 12.7 Å². The Balaban J connectivity index is 1.40. The molecular formula is C20H25F3N6O4. The SMILES string of the molecule is CC(C)(C)OC(=O)N1[C@H]2CC[C@@H]1[C@H](F)[C@H](Oc1cncc(Nc3cc(OC(F)F)[nH]n3)n1)C2. The number of alkyl halides is 3. The average molecular weight is 470 g/mol. The average Bonchev–Trinajstić information content (AvgIpc) is 3.28. The van der Waals surface area contributed by atoms with Crippen LogP contribution >= 0.6 is 0 Å². The van der Waals surface area contributed by atoms with Gasteiger partial charge in [-0.2, -0.15) is 18.9 Å². The maximum absolute atomic E-state index is 15.3. The Morgan fingerprint density at radius 1 is 1.27 bits per heavy atom. The van der Waals surface area contributed by atoms with Gasteiger partial charge in [0.2, 0.25) is 11.8 Å². The summed E-state index contributed by atoms with van der Waals surface area (Å²) in [5.41, 5.74) is -0.667. The van der Waals surface area contributed by atoms with Gasteiger partial charge in [-0.15, -0.1) is 0 Å². The number of rotatable bonds is 6. The number of H-pyrrole nitrogens is 1. The molecule has 4 heterocycles. The lowest BCUT2D eigenvalue weighted by molar-refractivity contribution is -0.0529. The first kappa shape index (κ1) is 22.9. The van der Waals surface area contributed by atoms with Gasteiger partial charge in [-0.05, 0) is 33.6 Å². The molecule has 2 aromatic heterocycles. The van der Waals surface area contributed by atoms with Crippen molar-refractivity contribution >= 4 is 17.7 Å². The van der Waals surface area contributed by atoms with Crippen LogP contribution < -0.4 is 14.8 Å². The van der Waals surface area contributed by atoms with E-state index in [0.717, 1.165) is 0 Å². The number of aromatic nitrogens is 4. The van der Waals surface area contributed by atoms with E-state index in [0.29, 0.717) is 19.3 Å². The van der Waals surface area contributed by atoms with Crippen molar-refractivity contribution in [3.63, 3.8) is 0 Å². The molecule has 4 atom stereocenters. The Morgan fingerprint density at radius 2 is 2.06 bits per heavy atom. The van der Waals surface area contributed by atoms with E-state index in [-0.39, 0.29) is 29.4 Å². The van der Waals surface area contributed by atoms with Crippen LogP contribution in [-0.4, -0.2) is 67.7 Å². The number of amides is 1. The first-order valence-corrected chi connectivity index (χ1v) is 10.5. The number of halogens is 3. The second kappa shape index (κ2) is 8.94. The van der Waals surface area contributed by atoms with Crippen molar-refractivity contribution in [2.45, 2.75) is 76.6 Å². The molecule has 2 bridgehead atoms. The van der Waals surface area contributed by atoms with E-state index < -0.39 is 36.6 Å². The fraction of sp³-hybridized carbons (Fsp3) is 0.600. The van der Waals surface area contributed by atoms with Crippen LogP contribution in [0.3, 0.4) is 0 Å². The molecule has 1 amide bonds. The number of hydrogen-bond donors (Lipinski definition) is 2. The van der Waals surface area contributed by atoms with Crippen molar-refractivity contribution in [2.24, 2.45) is 0 Å². The third-order valence-corrected chi connectivity index (χ3v) is 5.29. The quantitative estimate of drug-likeness (QED) is 0.655. The molecule has 13 heteroatoms. The molecule has 2 aliphatic rings. The van der Waals surface area contributed by atoms with Crippen LogP contribution in [0.4, 0.5) is 29.6 Å². The van der Waals surface area contributed by atoms with E-state index in [1.807, 2.05) is 0 Å². The van der Waals surface area contributed by atoms with E-state index in [1.165, 1.54) is 23.4 Å². The Morgan fingerprint density at radius 3 is 2.79 bits per heavy atom. The highest BCUT2D eigenvalue weighted by atomic mass is 19.3. The monoisotopic (exact) mass is 470 g/mol. The second-order valence-electron chi connectivity index (χ2n) is 8.89. The Bertz CT molecular complexity index is 985. The van der Waals surface area contributed by atoms with Crippen LogP contribution in [0.5, 0.6) is 11.8 Å². The lowest BCUT2D eigenvalue weighted by Crippen LogP contribution is -2.57. The Hall–Kier alpha value is -3.25. The first-order chi connectivity index (χ1) is 15.6. The molecule has 0 radical (unpaired) electrons. The molecule has 2 fully saturated rings. The standard InChI is InChI=1S/C20H25F3N6O4/c1-20(2,3)33-19(30)29-10-4-5-11(29)17(21)12(6-10)31-16-9-24-8-14(26-16)25-13-7-15(28-27-13)32-18(22)23/h7-12,17-18H,4-6H2,1-3H3,(H2,25,26,27,28)/t10-,11+,12+,17-/m0/s1. The summed E-state index contributed by atoms with van der Waals surface area (Å²) >= 11 is 0. The molecule has 0 aliphatic carbocycles. The van der Waals surface area contributed by atoms with Gasteiger partial charge in [0.1, 0.15) is 11.7 Å². The van der Waals surface area contributed by atoms with Gasteiger partial charge in [0.15, 0.2) is 17.8 Å². The summed E-state index contributed by atoms with van der Waals surface area (Å²) in [6.45, 7) is 2.32. The molecule has 2 N–H and O–H groups in total. The number of fused-ring (bicyclic) bond motifs is 2. The van der Waals surface area contributed by atoms with E-state index in [4.69, 9.17) is 9.47 Å². The van der Waals surface area contributed by atoms with Crippen LogP contribution in [-0.2, 0) is 4.74 Å². The van der Waals surface area contributed by atoms with Crippen LogP contribution in [0, 0.1) is 0 Å². The maximum Gasteiger partial charge on any atom is 0.410 e. The predicted molar refractivity (Wildman–Crippen MR) is 109 cm³/mol. The van der Waals surface area contributed by atoms with Gasteiger partial charge in [0.05, 0.1) is 18.4 Å². The zero-order valence-electron chi connectivity index (χ0n) is 18.3. The van der Waals surface area contributed by atoms with E-state index in [2.05, 4.69) is 30.2 Å². The zero-order chi connectivity index (χ0) is 23.8. The van der Waals surface area contributed by atoms with Crippen molar-refractivity contribution in [1.29, 1.82) is 0 Å². The number of piperidine rings is 1. The van der Waals surface area contributed by atoms with Crippen molar-refractivity contribution in [2.75, 3.05) is 5.32 Å². The Kier molecular flexibility index (Phi) is 6.21. The van der Waals surface area contributed by atoms with Gasteiger partial charge in [-0.1, -0.05) is 0 Å². The number of hydrogen-bond acceptors (Lipinski definition) is 8. The number of ether oxygens (including phenoxy) is 3. The van der Waals surface area contributed by atoms with Crippen molar-refractivity contribution in [3.8, 4) is 11.8 Å². The molecule has 0 spiro atoms. The fourth-order valence-electron chi connectivity index (χ4n) is 4.09. The number of carbonyl (C=O) groups excluding carboxylic acids is 1. The fourth-order valence-corrected chi connectivity index (χ4v) is 4.09. The number of nitrogens with one attached hydrogen (secondary N) is 2. The largest absolute Gasteiger partial charge is 0.470 e. The molecule has 2 saturated heterocycles. The number of aromatic amines is 1. The second-order valence-corrected chi connectivity index (χ2v) is 8.89. The Labute approximate surface area is 187 Å². The summed E-state index contributed by atoms with van der Waals surface area (Å²) in [5.74, 6) is 0.245. The first-order valence-electron chi connectivity index (χ1n) is 10.5. The van der Waals surface area contributed by atoms with Gasteiger partial charge < -0.3 is 19.5 Å². The van der Waals surface area contributed by atoms with Crippen LogP contribution in [0.1, 0.15) is 40.0 Å². The van der Waals surface area contributed by atoms with Crippen LogP contribution in [0.25, 0.3) is 0 Å². The van der Waals surface area contributed by atoms with E-state index in [1.54, 1.807) is 20.8 Å². The van der Waals surface area contributed by atoms with Gasteiger partial charge in [-0.3, -0.25) is 9.88 Å². The lowest BCUT2D eigenvalue weighted by Gasteiger charge is -2.41. The summed E-state index contributed by atoms with van der Waals surface area (Å²) in [5, 5.41) is 8.86. The summed E-state index contributed by atoms with van der Waals surface area (Å²) in [6.07, 6.45) is 1.46. The molecule has 0 aromatic carbocycles. The normalized spacial score (nSPS) is 24.6. The minimum atomic E-state index is -2.99.